The molecule has 0 unspecified atom stereocenters. The molecule has 1 aromatic rings. The molecule has 5 heteroatoms. The molecule has 1 rings (SSSR count). The number of hydrogen-bond donors (Lipinski definition) is 2. The van der Waals surface area contributed by atoms with Crippen molar-refractivity contribution < 1.29 is 19.1 Å². The van der Waals surface area contributed by atoms with Crippen molar-refractivity contribution in [1.29, 1.82) is 0 Å². The predicted octanol–water partition coefficient (Wildman–Crippen LogP) is 1.24. The van der Waals surface area contributed by atoms with Gasteiger partial charge in [0.05, 0.1) is 13.7 Å². The lowest BCUT2D eigenvalue weighted by Gasteiger charge is -2.10. The van der Waals surface area contributed by atoms with Crippen LogP contribution in [0, 0.1) is 12.7 Å². The molecule has 0 spiro atoms. The number of aromatic hydroxyl groups is 1. The molecule has 14 heavy (non-hydrogen) atoms. The standard InChI is InChI=1S/C9H12FNO3/c1-5-3-6(4-14-11)7(10)9(13-2)8(5)12/h3,12H,4,11H2,1-2H3. The van der Waals surface area contributed by atoms with Gasteiger partial charge in [-0.3, -0.25) is 4.84 Å². The van der Waals surface area contributed by atoms with Crippen molar-refractivity contribution >= 4 is 0 Å². The average molecular weight is 201 g/mol. The first-order chi connectivity index (χ1) is 6.61. The number of hydrogen-bond acceptors (Lipinski definition) is 4. The van der Waals surface area contributed by atoms with E-state index in [9.17, 15) is 9.50 Å². The van der Waals surface area contributed by atoms with Gasteiger partial charge in [0.15, 0.2) is 17.3 Å². The highest BCUT2D eigenvalue weighted by Gasteiger charge is 2.16. The molecule has 0 aliphatic heterocycles. The summed E-state index contributed by atoms with van der Waals surface area (Å²) in [6.45, 7) is 1.57. The van der Waals surface area contributed by atoms with E-state index < -0.39 is 5.82 Å². The number of methoxy groups -OCH3 is 1. The SMILES string of the molecule is COc1c(O)c(C)cc(CON)c1F. The second kappa shape index (κ2) is 4.26. The van der Waals surface area contributed by atoms with Crippen LogP contribution >= 0.6 is 0 Å². The number of phenols is 1. The molecule has 1 aromatic carbocycles. The molecule has 0 heterocycles. The number of aryl methyl sites for hydroxylation is 1. The van der Waals surface area contributed by atoms with Crippen LogP contribution in [0.25, 0.3) is 0 Å². The Kier molecular flexibility index (Phi) is 3.27. The number of phenolic OH excluding ortho intramolecular Hbond substituents is 1. The number of ether oxygens (including phenoxy) is 1. The Balaban J connectivity index is 3.27. The summed E-state index contributed by atoms with van der Waals surface area (Å²) in [7, 11) is 1.28. The first kappa shape index (κ1) is 10.7. The minimum Gasteiger partial charge on any atom is -0.504 e. The lowest BCUT2D eigenvalue weighted by molar-refractivity contribution is 0.121. The van der Waals surface area contributed by atoms with E-state index in [1.54, 1.807) is 6.92 Å². The van der Waals surface area contributed by atoms with Crippen molar-refractivity contribution in [3.8, 4) is 11.5 Å². The normalized spacial score (nSPS) is 10.3. The number of benzene rings is 1. The Morgan fingerprint density at radius 2 is 2.21 bits per heavy atom. The summed E-state index contributed by atoms with van der Waals surface area (Å²) in [5, 5.41) is 9.43. The van der Waals surface area contributed by atoms with E-state index in [1.165, 1.54) is 13.2 Å². The van der Waals surface area contributed by atoms with Crippen LogP contribution in [-0.4, -0.2) is 12.2 Å². The van der Waals surface area contributed by atoms with Crippen molar-refractivity contribution in [2.45, 2.75) is 13.5 Å². The highest BCUT2D eigenvalue weighted by atomic mass is 19.1. The zero-order valence-corrected chi connectivity index (χ0v) is 8.00. The second-order valence-electron chi connectivity index (χ2n) is 2.86. The molecule has 0 saturated heterocycles. The maximum atomic E-state index is 13.5. The van der Waals surface area contributed by atoms with Crippen molar-refractivity contribution in [3.05, 3.63) is 23.0 Å². The summed E-state index contributed by atoms with van der Waals surface area (Å²) in [6, 6.07) is 1.46. The largest absolute Gasteiger partial charge is 0.504 e. The third kappa shape index (κ3) is 1.78. The predicted molar refractivity (Wildman–Crippen MR) is 48.3 cm³/mol. The smallest absolute Gasteiger partial charge is 0.197 e. The van der Waals surface area contributed by atoms with Gasteiger partial charge >= 0.3 is 0 Å². The van der Waals surface area contributed by atoms with Gasteiger partial charge in [-0.05, 0) is 18.6 Å². The zero-order chi connectivity index (χ0) is 10.7. The summed E-state index contributed by atoms with van der Waals surface area (Å²) >= 11 is 0. The molecule has 0 fully saturated rings. The third-order valence-electron chi connectivity index (χ3n) is 1.90. The molecule has 0 aliphatic rings. The highest BCUT2D eigenvalue weighted by molar-refractivity contribution is 5.49. The Morgan fingerprint density at radius 1 is 1.57 bits per heavy atom. The van der Waals surface area contributed by atoms with Crippen LogP contribution in [-0.2, 0) is 11.4 Å². The Labute approximate surface area is 81.0 Å². The van der Waals surface area contributed by atoms with Crippen LogP contribution in [0.1, 0.15) is 11.1 Å². The molecule has 0 amide bonds. The monoisotopic (exact) mass is 201 g/mol. The van der Waals surface area contributed by atoms with Crippen LogP contribution in [0.15, 0.2) is 6.07 Å². The molecule has 3 N–H and O–H groups in total. The second-order valence-corrected chi connectivity index (χ2v) is 2.86. The Hall–Kier alpha value is -1.33. The third-order valence-corrected chi connectivity index (χ3v) is 1.90. The van der Waals surface area contributed by atoms with Gasteiger partial charge < -0.3 is 9.84 Å². The summed E-state index contributed by atoms with van der Waals surface area (Å²) in [5.41, 5.74) is 0.759. The zero-order valence-electron chi connectivity index (χ0n) is 8.00. The van der Waals surface area contributed by atoms with Gasteiger partial charge in [0, 0.05) is 5.56 Å². The molecule has 0 bridgehead atoms. The number of nitrogens with two attached hydrogens (primary N) is 1. The van der Waals surface area contributed by atoms with Crippen LogP contribution < -0.4 is 10.6 Å². The first-order valence-corrected chi connectivity index (χ1v) is 3.98. The van der Waals surface area contributed by atoms with Gasteiger partial charge in [0.1, 0.15) is 0 Å². The quantitative estimate of drug-likeness (QED) is 0.722. The molecule has 0 saturated carbocycles. The van der Waals surface area contributed by atoms with Crippen LogP contribution in [0.4, 0.5) is 4.39 Å². The molecule has 0 radical (unpaired) electrons. The molecular weight excluding hydrogens is 189 g/mol. The average Bonchev–Trinajstić information content (AvgIpc) is 2.16. The van der Waals surface area contributed by atoms with Crippen molar-refractivity contribution in [3.63, 3.8) is 0 Å². The fourth-order valence-electron chi connectivity index (χ4n) is 1.20. The van der Waals surface area contributed by atoms with E-state index in [-0.39, 0.29) is 23.7 Å². The minimum atomic E-state index is -0.652. The summed E-state index contributed by atoms with van der Waals surface area (Å²) in [5.74, 6) is 3.80. The molecule has 0 atom stereocenters. The fraction of sp³-hybridized carbons (Fsp3) is 0.333. The van der Waals surface area contributed by atoms with E-state index in [0.29, 0.717) is 5.56 Å². The van der Waals surface area contributed by atoms with Gasteiger partial charge in [-0.25, -0.2) is 10.3 Å². The van der Waals surface area contributed by atoms with E-state index in [4.69, 9.17) is 10.6 Å². The van der Waals surface area contributed by atoms with E-state index in [0.717, 1.165) is 0 Å². The van der Waals surface area contributed by atoms with Crippen molar-refractivity contribution in [2.75, 3.05) is 7.11 Å². The van der Waals surface area contributed by atoms with Gasteiger partial charge in [-0.1, -0.05) is 0 Å². The topological polar surface area (TPSA) is 64.7 Å². The lowest BCUT2D eigenvalue weighted by atomic mass is 10.1. The van der Waals surface area contributed by atoms with Crippen molar-refractivity contribution in [1.82, 2.24) is 0 Å². The maximum absolute atomic E-state index is 13.5. The Bertz CT molecular complexity index is 341. The van der Waals surface area contributed by atoms with Crippen LogP contribution in [0.2, 0.25) is 0 Å². The van der Waals surface area contributed by atoms with Crippen LogP contribution in [0.5, 0.6) is 11.5 Å². The Morgan fingerprint density at radius 3 is 2.71 bits per heavy atom. The molecule has 4 nitrogen and oxygen atoms in total. The van der Waals surface area contributed by atoms with Gasteiger partial charge in [0.25, 0.3) is 0 Å². The van der Waals surface area contributed by atoms with E-state index >= 15 is 0 Å². The van der Waals surface area contributed by atoms with Gasteiger partial charge in [0.2, 0.25) is 0 Å². The number of rotatable bonds is 3. The molecule has 0 aromatic heterocycles. The molecule has 78 valence electrons. The number of halogens is 1. The highest BCUT2D eigenvalue weighted by Crippen LogP contribution is 2.34. The molecule has 0 aliphatic carbocycles. The van der Waals surface area contributed by atoms with Crippen molar-refractivity contribution in [2.24, 2.45) is 5.90 Å². The van der Waals surface area contributed by atoms with Gasteiger partial charge in [-0.15, -0.1) is 0 Å². The lowest BCUT2D eigenvalue weighted by Crippen LogP contribution is -2.03. The summed E-state index contributed by atoms with van der Waals surface area (Å²) in [4.78, 5) is 4.33. The fourth-order valence-corrected chi connectivity index (χ4v) is 1.20. The molecular formula is C9H12FNO3. The van der Waals surface area contributed by atoms with Gasteiger partial charge in [-0.2, -0.15) is 0 Å². The van der Waals surface area contributed by atoms with Crippen LogP contribution in [0.3, 0.4) is 0 Å². The van der Waals surface area contributed by atoms with E-state index in [2.05, 4.69) is 4.84 Å². The van der Waals surface area contributed by atoms with E-state index in [1.807, 2.05) is 0 Å². The minimum absolute atomic E-state index is 0.0662. The maximum Gasteiger partial charge on any atom is 0.197 e. The first-order valence-electron chi connectivity index (χ1n) is 3.98. The summed E-state index contributed by atoms with van der Waals surface area (Å²) < 4.78 is 18.2. The summed E-state index contributed by atoms with van der Waals surface area (Å²) in [6.07, 6.45) is 0.